The van der Waals surface area contributed by atoms with Gasteiger partial charge in [-0.25, -0.2) is 0 Å². The lowest BCUT2D eigenvalue weighted by Crippen LogP contribution is -1.95. The zero-order chi connectivity index (χ0) is 5.70. The third-order valence-corrected chi connectivity index (χ3v) is 0.534. The summed E-state index contributed by atoms with van der Waals surface area (Å²) in [7, 11) is 0. The second-order valence-corrected chi connectivity index (χ2v) is 1.30. The van der Waals surface area contributed by atoms with Crippen LogP contribution in [-0.2, 0) is 0 Å². The second-order valence-electron chi connectivity index (χ2n) is 1.30. The van der Waals surface area contributed by atoms with Gasteiger partial charge in [-0.15, -0.1) is 5.73 Å². The predicted octanol–water partition coefficient (Wildman–Crippen LogP) is 0.913. The lowest BCUT2D eigenvalue weighted by molar-refractivity contribution is 0.224. The number of hydrogen-bond acceptors (Lipinski definition) is 1. The maximum atomic E-state index is 8.47. The van der Waals surface area contributed by atoms with E-state index < -0.39 is 6.10 Å². The highest BCUT2D eigenvalue weighted by Crippen LogP contribution is 1.86. The van der Waals surface area contributed by atoms with Gasteiger partial charge in [0.2, 0.25) is 0 Å². The number of aliphatic hydroxyl groups excluding tert-OH is 1. The van der Waals surface area contributed by atoms with Crippen LogP contribution in [-0.4, -0.2) is 11.2 Å². The van der Waals surface area contributed by atoms with Gasteiger partial charge in [0.25, 0.3) is 0 Å². The minimum absolute atomic E-state index is 0.505. The molecule has 0 aliphatic heterocycles. The monoisotopic (exact) mass is 97.1 g/mol. The highest BCUT2D eigenvalue weighted by Gasteiger charge is 1.85. The van der Waals surface area contributed by atoms with Crippen molar-refractivity contribution in [1.29, 1.82) is 0 Å². The van der Waals surface area contributed by atoms with Crippen LogP contribution >= 0.6 is 0 Å². The highest BCUT2D eigenvalue weighted by molar-refractivity contribution is 4.79. The molecule has 0 saturated heterocycles. The molecule has 0 aliphatic carbocycles. The van der Waals surface area contributed by atoms with E-state index in [0.717, 1.165) is 0 Å². The Labute approximate surface area is 44.0 Å². The van der Waals surface area contributed by atoms with Crippen LogP contribution in [0.4, 0.5) is 0 Å². The molecule has 1 atom stereocenters. The molecule has 0 aromatic heterocycles. The van der Waals surface area contributed by atoms with Crippen molar-refractivity contribution in [3.8, 4) is 0 Å². The molecule has 1 nitrogen and oxygen atoms in total. The Morgan fingerprint density at radius 3 is 2.57 bits per heavy atom. The third kappa shape index (κ3) is 5.48. The van der Waals surface area contributed by atoms with Gasteiger partial charge in [0.15, 0.2) is 0 Å². The maximum absolute atomic E-state index is 8.47. The maximum Gasteiger partial charge on any atom is 0.0581 e. The third-order valence-electron chi connectivity index (χ3n) is 0.534. The Bertz CT molecular complexity index is 78.2. The van der Waals surface area contributed by atoms with Crippen LogP contribution in [0.15, 0.2) is 18.4 Å². The molecule has 0 rings (SSSR count). The molecule has 0 heterocycles. The van der Waals surface area contributed by atoms with Crippen molar-refractivity contribution in [3.05, 3.63) is 25.3 Å². The first-order chi connectivity index (χ1) is 3.27. The van der Waals surface area contributed by atoms with Gasteiger partial charge < -0.3 is 5.11 Å². The standard InChI is InChI=1S/C6H9O/c1-3-4-5-6(2)7/h4,6-7H,1-2,5H2. The smallest absolute Gasteiger partial charge is 0.0581 e. The highest BCUT2D eigenvalue weighted by atomic mass is 16.3. The van der Waals surface area contributed by atoms with E-state index in [-0.39, 0.29) is 0 Å². The predicted molar refractivity (Wildman–Crippen MR) is 29.7 cm³/mol. The molecule has 1 heteroatoms. The van der Waals surface area contributed by atoms with E-state index in [4.69, 9.17) is 5.11 Å². The van der Waals surface area contributed by atoms with E-state index in [1.54, 1.807) is 6.08 Å². The van der Waals surface area contributed by atoms with Gasteiger partial charge in [-0.2, -0.15) is 0 Å². The lowest BCUT2D eigenvalue weighted by Gasteiger charge is -1.91. The molecule has 0 saturated carbocycles. The molecule has 0 spiro atoms. The van der Waals surface area contributed by atoms with E-state index in [9.17, 15) is 0 Å². The summed E-state index contributed by atoms with van der Waals surface area (Å²) in [5.41, 5.74) is 2.52. The Hall–Kier alpha value is -0.520. The van der Waals surface area contributed by atoms with Crippen molar-refractivity contribution in [2.75, 3.05) is 0 Å². The van der Waals surface area contributed by atoms with Crippen LogP contribution in [0.2, 0.25) is 0 Å². The molecule has 0 amide bonds. The molecular weight excluding hydrogens is 88.1 g/mol. The van der Waals surface area contributed by atoms with E-state index in [1.807, 2.05) is 0 Å². The van der Waals surface area contributed by atoms with Crippen LogP contribution < -0.4 is 0 Å². The van der Waals surface area contributed by atoms with Gasteiger partial charge in [-0.05, 0) is 19.4 Å². The molecule has 1 unspecified atom stereocenters. The molecule has 0 bridgehead atoms. The van der Waals surface area contributed by atoms with Gasteiger partial charge >= 0.3 is 0 Å². The van der Waals surface area contributed by atoms with Crippen molar-refractivity contribution >= 4 is 0 Å². The van der Waals surface area contributed by atoms with Crippen LogP contribution in [0.3, 0.4) is 0 Å². The fourth-order valence-corrected chi connectivity index (χ4v) is 0.219. The normalized spacial score (nSPS) is 12.3. The van der Waals surface area contributed by atoms with Gasteiger partial charge in [0.1, 0.15) is 0 Å². The Morgan fingerprint density at radius 1 is 1.86 bits per heavy atom. The molecule has 1 N–H and O–H groups in total. The van der Waals surface area contributed by atoms with Crippen LogP contribution in [0.1, 0.15) is 6.42 Å². The fourth-order valence-electron chi connectivity index (χ4n) is 0.219. The summed E-state index contributed by atoms with van der Waals surface area (Å²) < 4.78 is 0. The zero-order valence-electron chi connectivity index (χ0n) is 4.22. The van der Waals surface area contributed by atoms with Crippen molar-refractivity contribution in [3.63, 3.8) is 0 Å². The summed E-state index contributed by atoms with van der Waals surface area (Å²) in [5, 5.41) is 8.47. The number of rotatable bonds is 2. The Kier molecular flexibility index (Phi) is 3.39. The molecule has 39 valence electrons. The average Bonchev–Trinajstić information content (AvgIpc) is 1.61. The molecule has 0 aromatic carbocycles. The van der Waals surface area contributed by atoms with Crippen molar-refractivity contribution in [2.45, 2.75) is 12.5 Å². The van der Waals surface area contributed by atoms with Gasteiger partial charge in [-0.3, -0.25) is 0 Å². The van der Waals surface area contributed by atoms with Crippen molar-refractivity contribution < 1.29 is 5.11 Å². The minimum Gasteiger partial charge on any atom is -0.393 e. The Balaban J connectivity index is 3.13. The van der Waals surface area contributed by atoms with Gasteiger partial charge in [0, 0.05) is 0 Å². The van der Waals surface area contributed by atoms with E-state index in [1.165, 1.54) is 0 Å². The van der Waals surface area contributed by atoms with E-state index in [0.29, 0.717) is 6.42 Å². The van der Waals surface area contributed by atoms with E-state index in [2.05, 4.69) is 19.2 Å². The van der Waals surface area contributed by atoms with Gasteiger partial charge in [0.05, 0.1) is 6.10 Å². The molecule has 7 heavy (non-hydrogen) atoms. The summed E-state index contributed by atoms with van der Waals surface area (Å²) in [4.78, 5) is 0. The summed E-state index contributed by atoms with van der Waals surface area (Å²) in [5.74, 6) is 0. The largest absolute Gasteiger partial charge is 0.393 e. The second kappa shape index (κ2) is 3.66. The van der Waals surface area contributed by atoms with Crippen molar-refractivity contribution in [2.24, 2.45) is 0 Å². The van der Waals surface area contributed by atoms with Crippen LogP contribution in [0.5, 0.6) is 0 Å². The van der Waals surface area contributed by atoms with Gasteiger partial charge in [-0.1, -0.05) is 6.58 Å². The minimum atomic E-state index is -0.505. The molecule has 0 aliphatic rings. The molecule has 1 radical (unpaired) electrons. The molecular formula is C6H9O. The SMILES string of the molecule is [CH2]C(O)CC=C=C. The first kappa shape index (κ1) is 6.48. The number of aliphatic hydroxyl groups is 1. The average molecular weight is 97.1 g/mol. The first-order valence-corrected chi connectivity index (χ1v) is 2.13. The molecule has 0 fully saturated rings. The quantitative estimate of drug-likeness (QED) is 0.508. The summed E-state index contributed by atoms with van der Waals surface area (Å²) in [6.45, 7) is 6.65. The summed E-state index contributed by atoms with van der Waals surface area (Å²) >= 11 is 0. The van der Waals surface area contributed by atoms with Crippen molar-refractivity contribution in [1.82, 2.24) is 0 Å². The molecule has 0 aromatic rings. The zero-order valence-corrected chi connectivity index (χ0v) is 4.22. The summed E-state index contributed by atoms with van der Waals surface area (Å²) in [6, 6.07) is 0. The summed E-state index contributed by atoms with van der Waals surface area (Å²) in [6.07, 6.45) is 1.69. The number of hydrogen-bond donors (Lipinski definition) is 1. The first-order valence-electron chi connectivity index (χ1n) is 2.13. The van der Waals surface area contributed by atoms with Crippen LogP contribution in [0.25, 0.3) is 0 Å². The lowest BCUT2D eigenvalue weighted by atomic mass is 10.3. The van der Waals surface area contributed by atoms with E-state index >= 15 is 0 Å². The fraction of sp³-hybridized carbons (Fsp3) is 0.333. The van der Waals surface area contributed by atoms with Crippen LogP contribution in [0, 0.1) is 6.92 Å². The Morgan fingerprint density at radius 2 is 2.43 bits per heavy atom. The topological polar surface area (TPSA) is 20.2 Å².